The zero-order valence-corrected chi connectivity index (χ0v) is 13.7. The summed E-state index contributed by atoms with van der Waals surface area (Å²) in [7, 11) is 0. The van der Waals surface area contributed by atoms with E-state index in [-0.39, 0.29) is 18.2 Å². The molecule has 4 heteroatoms. The van der Waals surface area contributed by atoms with Crippen LogP contribution in [0.3, 0.4) is 0 Å². The lowest BCUT2D eigenvalue weighted by molar-refractivity contribution is 0.148. The molecule has 0 saturated heterocycles. The minimum atomic E-state index is -0.237. The van der Waals surface area contributed by atoms with Crippen molar-refractivity contribution >= 4 is 0 Å². The lowest BCUT2D eigenvalue weighted by Crippen LogP contribution is -2.47. The second-order valence-electron chi connectivity index (χ2n) is 5.98. The Morgan fingerprint density at radius 2 is 2.05 bits per heavy atom. The highest BCUT2D eigenvalue weighted by Crippen LogP contribution is 2.23. The first-order valence-electron chi connectivity index (χ1n) is 7.92. The summed E-state index contributed by atoms with van der Waals surface area (Å²) in [5.74, 6) is 0. The molecule has 2 N–H and O–H groups in total. The summed E-state index contributed by atoms with van der Waals surface area (Å²) in [4.78, 5) is 0. The van der Waals surface area contributed by atoms with Crippen LogP contribution in [0.5, 0.6) is 0 Å². The van der Waals surface area contributed by atoms with Gasteiger partial charge in [-0.3, -0.25) is 4.68 Å². The number of nitrogens with one attached hydrogen (secondary N) is 1. The van der Waals surface area contributed by atoms with Gasteiger partial charge in [0.15, 0.2) is 0 Å². The number of rotatable bonds is 9. The van der Waals surface area contributed by atoms with Crippen LogP contribution < -0.4 is 5.32 Å². The summed E-state index contributed by atoms with van der Waals surface area (Å²) in [6.07, 6.45) is 3.92. The summed E-state index contributed by atoms with van der Waals surface area (Å²) in [6, 6.07) is 2.48. The molecule has 0 saturated carbocycles. The van der Waals surface area contributed by atoms with Crippen molar-refractivity contribution in [2.45, 2.75) is 71.9 Å². The van der Waals surface area contributed by atoms with Crippen molar-refractivity contribution in [2.24, 2.45) is 0 Å². The van der Waals surface area contributed by atoms with Crippen LogP contribution in [0.15, 0.2) is 6.07 Å². The molecule has 0 amide bonds. The molecule has 2 atom stereocenters. The van der Waals surface area contributed by atoms with Gasteiger partial charge in [-0.15, -0.1) is 0 Å². The molecule has 0 aliphatic heterocycles. The van der Waals surface area contributed by atoms with Crippen molar-refractivity contribution in [1.29, 1.82) is 0 Å². The van der Waals surface area contributed by atoms with Crippen molar-refractivity contribution in [2.75, 3.05) is 13.2 Å². The zero-order valence-electron chi connectivity index (χ0n) is 13.7. The predicted octanol–water partition coefficient (Wildman–Crippen LogP) is 2.71. The van der Waals surface area contributed by atoms with Gasteiger partial charge in [-0.1, -0.05) is 20.8 Å². The highest BCUT2D eigenvalue weighted by Gasteiger charge is 2.26. The Balaban J connectivity index is 2.82. The molecule has 1 rings (SSSR count). The molecule has 2 unspecified atom stereocenters. The maximum atomic E-state index is 9.69. The molecular weight excluding hydrogens is 250 g/mol. The molecule has 0 radical (unpaired) electrons. The normalized spacial score (nSPS) is 16.1. The van der Waals surface area contributed by atoms with E-state index in [2.05, 4.69) is 50.7 Å². The topological polar surface area (TPSA) is 50.1 Å². The fraction of sp³-hybridized carbons (Fsp3) is 0.812. The zero-order chi connectivity index (χ0) is 15.2. The van der Waals surface area contributed by atoms with E-state index in [0.717, 1.165) is 37.9 Å². The van der Waals surface area contributed by atoms with Crippen LogP contribution in [0, 0.1) is 0 Å². The number of hydrogen-bond donors (Lipinski definition) is 2. The lowest BCUT2D eigenvalue weighted by atomic mass is 9.94. The van der Waals surface area contributed by atoms with Gasteiger partial charge in [-0.2, -0.15) is 5.10 Å². The van der Waals surface area contributed by atoms with Gasteiger partial charge < -0.3 is 10.4 Å². The summed E-state index contributed by atoms with van der Waals surface area (Å²) < 4.78 is 2.14. The predicted molar refractivity (Wildman–Crippen MR) is 84.1 cm³/mol. The standard InChI is InChI=1S/C16H31N3O/c1-6-9-17-16(5,12-20)11-13(4)19-15(8-3)10-14(7-2)18-19/h10,13,17,20H,6-9,11-12H2,1-5H3. The second kappa shape index (κ2) is 7.79. The van der Waals surface area contributed by atoms with Crippen molar-refractivity contribution < 1.29 is 5.11 Å². The number of nitrogens with zero attached hydrogens (tertiary/aromatic N) is 2. The highest BCUT2D eigenvalue weighted by atomic mass is 16.3. The van der Waals surface area contributed by atoms with Crippen LogP contribution in [0.4, 0.5) is 0 Å². The maximum absolute atomic E-state index is 9.69. The molecule has 0 spiro atoms. The van der Waals surface area contributed by atoms with Gasteiger partial charge in [0.25, 0.3) is 0 Å². The fourth-order valence-corrected chi connectivity index (χ4v) is 2.67. The Morgan fingerprint density at radius 1 is 1.35 bits per heavy atom. The van der Waals surface area contributed by atoms with E-state index in [4.69, 9.17) is 5.10 Å². The maximum Gasteiger partial charge on any atom is 0.0624 e. The van der Waals surface area contributed by atoms with E-state index < -0.39 is 0 Å². The Labute approximate surface area is 123 Å². The third-order valence-corrected chi connectivity index (χ3v) is 3.90. The van der Waals surface area contributed by atoms with Gasteiger partial charge in [0.2, 0.25) is 0 Å². The van der Waals surface area contributed by atoms with Gasteiger partial charge in [0, 0.05) is 11.2 Å². The van der Waals surface area contributed by atoms with Crippen LogP contribution in [-0.2, 0) is 12.8 Å². The van der Waals surface area contributed by atoms with Crippen molar-refractivity contribution in [3.05, 3.63) is 17.5 Å². The quantitative estimate of drug-likeness (QED) is 0.732. The van der Waals surface area contributed by atoms with Crippen molar-refractivity contribution in [3.63, 3.8) is 0 Å². The molecule has 0 aliphatic rings. The molecule has 116 valence electrons. The fourth-order valence-electron chi connectivity index (χ4n) is 2.67. The van der Waals surface area contributed by atoms with E-state index in [1.54, 1.807) is 0 Å². The SMILES string of the molecule is CCCNC(C)(CO)CC(C)n1nc(CC)cc1CC. The number of aryl methyl sites for hydroxylation is 2. The molecular formula is C16H31N3O. The molecule has 0 aromatic carbocycles. The summed E-state index contributed by atoms with van der Waals surface area (Å²) >= 11 is 0. The molecule has 0 fully saturated rings. The molecule has 1 heterocycles. The minimum Gasteiger partial charge on any atom is -0.394 e. The molecule has 20 heavy (non-hydrogen) atoms. The minimum absolute atomic E-state index is 0.153. The number of hydrogen-bond acceptors (Lipinski definition) is 3. The summed E-state index contributed by atoms with van der Waals surface area (Å²) in [5.41, 5.74) is 2.20. The Bertz CT molecular complexity index is 402. The largest absolute Gasteiger partial charge is 0.394 e. The number of aromatic nitrogens is 2. The summed E-state index contributed by atoms with van der Waals surface area (Å²) in [6.45, 7) is 11.8. The van der Waals surface area contributed by atoms with E-state index in [1.807, 2.05) is 0 Å². The third-order valence-electron chi connectivity index (χ3n) is 3.90. The molecule has 1 aromatic rings. The van der Waals surface area contributed by atoms with Crippen LogP contribution >= 0.6 is 0 Å². The van der Waals surface area contributed by atoms with Crippen LogP contribution in [0.2, 0.25) is 0 Å². The van der Waals surface area contributed by atoms with E-state index in [9.17, 15) is 5.11 Å². The van der Waals surface area contributed by atoms with E-state index in [1.165, 1.54) is 5.69 Å². The first kappa shape index (κ1) is 17.2. The Morgan fingerprint density at radius 3 is 2.55 bits per heavy atom. The number of aliphatic hydroxyl groups is 1. The molecule has 1 aromatic heterocycles. The molecule has 4 nitrogen and oxygen atoms in total. The molecule has 0 aliphatic carbocycles. The van der Waals surface area contributed by atoms with Crippen LogP contribution in [0.25, 0.3) is 0 Å². The van der Waals surface area contributed by atoms with Gasteiger partial charge in [-0.05, 0) is 52.1 Å². The first-order chi connectivity index (χ1) is 9.49. The smallest absolute Gasteiger partial charge is 0.0624 e. The monoisotopic (exact) mass is 281 g/mol. The Kier molecular flexibility index (Phi) is 6.69. The van der Waals surface area contributed by atoms with Crippen LogP contribution in [0.1, 0.15) is 64.9 Å². The van der Waals surface area contributed by atoms with Gasteiger partial charge in [0.05, 0.1) is 18.3 Å². The summed E-state index contributed by atoms with van der Waals surface area (Å²) in [5, 5.41) is 17.9. The van der Waals surface area contributed by atoms with E-state index >= 15 is 0 Å². The van der Waals surface area contributed by atoms with Gasteiger partial charge in [0.1, 0.15) is 0 Å². The molecule has 0 bridgehead atoms. The van der Waals surface area contributed by atoms with Gasteiger partial charge in [-0.25, -0.2) is 0 Å². The van der Waals surface area contributed by atoms with Crippen molar-refractivity contribution in [1.82, 2.24) is 15.1 Å². The number of aliphatic hydroxyl groups excluding tert-OH is 1. The first-order valence-corrected chi connectivity index (χ1v) is 7.92. The average Bonchev–Trinajstić information content (AvgIpc) is 2.88. The van der Waals surface area contributed by atoms with E-state index in [0.29, 0.717) is 0 Å². The Hall–Kier alpha value is -0.870. The lowest BCUT2D eigenvalue weighted by Gasteiger charge is -2.32. The van der Waals surface area contributed by atoms with Gasteiger partial charge >= 0.3 is 0 Å². The van der Waals surface area contributed by atoms with Crippen molar-refractivity contribution in [3.8, 4) is 0 Å². The van der Waals surface area contributed by atoms with Crippen LogP contribution in [-0.4, -0.2) is 33.6 Å². The second-order valence-corrected chi connectivity index (χ2v) is 5.98. The third kappa shape index (κ3) is 4.32. The average molecular weight is 281 g/mol. The highest BCUT2D eigenvalue weighted by molar-refractivity contribution is 5.11.